The van der Waals surface area contributed by atoms with Gasteiger partial charge in [-0.2, -0.15) is 0 Å². The topological polar surface area (TPSA) is 88.8 Å². The molecule has 0 amide bonds. The summed E-state index contributed by atoms with van der Waals surface area (Å²) in [6.07, 6.45) is 1.77. The summed E-state index contributed by atoms with van der Waals surface area (Å²) >= 11 is 0. The van der Waals surface area contributed by atoms with Crippen molar-refractivity contribution >= 4 is 35.9 Å². The van der Waals surface area contributed by atoms with E-state index in [0.29, 0.717) is 30.5 Å². The van der Waals surface area contributed by atoms with Gasteiger partial charge in [-0.3, -0.25) is 0 Å². The highest BCUT2D eigenvalue weighted by molar-refractivity contribution is 14.0. The quantitative estimate of drug-likeness (QED) is 0.273. The number of oxazole rings is 1. The Kier molecular flexibility index (Phi) is 9.44. The number of nitrogens with zero attached hydrogens (tertiary/aromatic N) is 2. The molecule has 2 rings (SSSR count). The lowest BCUT2D eigenvalue weighted by Crippen LogP contribution is -2.36. The Bertz CT molecular complexity index is 779. The van der Waals surface area contributed by atoms with Crippen LogP contribution in [0.25, 0.3) is 0 Å². The predicted octanol–water partition coefficient (Wildman–Crippen LogP) is 3.63. The first-order valence-electron chi connectivity index (χ1n) is 8.98. The summed E-state index contributed by atoms with van der Waals surface area (Å²) in [6, 6.07) is 7.20. The first kappa shape index (κ1) is 23.9. The van der Waals surface area contributed by atoms with E-state index in [-0.39, 0.29) is 35.4 Å². The molecule has 28 heavy (non-hydrogen) atoms. The maximum absolute atomic E-state index is 11.5. The zero-order valence-electron chi connectivity index (χ0n) is 17.0. The highest BCUT2D eigenvalue weighted by Gasteiger charge is 2.19. The molecule has 8 heteroatoms. The van der Waals surface area contributed by atoms with Gasteiger partial charge in [0.1, 0.15) is 5.76 Å². The van der Waals surface area contributed by atoms with E-state index in [1.54, 1.807) is 18.3 Å². The fourth-order valence-corrected chi connectivity index (χ4v) is 2.27. The molecule has 0 aliphatic carbocycles. The lowest BCUT2D eigenvalue weighted by molar-refractivity contribution is 0.0600. The Hall–Kier alpha value is -2.10. The van der Waals surface area contributed by atoms with Gasteiger partial charge >= 0.3 is 5.97 Å². The van der Waals surface area contributed by atoms with Gasteiger partial charge in [-0.05, 0) is 24.6 Å². The second kappa shape index (κ2) is 11.0. The minimum absolute atomic E-state index is 0. The maximum atomic E-state index is 11.5. The molecule has 0 atom stereocenters. The highest BCUT2D eigenvalue weighted by atomic mass is 127. The van der Waals surface area contributed by atoms with Crippen LogP contribution in [-0.2, 0) is 23.2 Å². The molecular formula is C20H29IN4O3. The smallest absolute Gasteiger partial charge is 0.337 e. The summed E-state index contributed by atoms with van der Waals surface area (Å²) in [5, 5.41) is 6.41. The van der Waals surface area contributed by atoms with Crippen molar-refractivity contribution in [2.24, 2.45) is 4.99 Å². The van der Waals surface area contributed by atoms with Crippen LogP contribution in [0.15, 0.2) is 39.9 Å². The lowest BCUT2D eigenvalue weighted by Gasteiger charge is -2.13. The number of hydrogen-bond donors (Lipinski definition) is 2. The molecule has 7 nitrogen and oxygen atoms in total. The van der Waals surface area contributed by atoms with Crippen LogP contribution in [0, 0.1) is 0 Å². The molecule has 0 unspecified atom stereocenters. The van der Waals surface area contributed by atoms with Crippen molar-refractivity contribution in [1.29, 1.82) is 0 Å². The second-order valence-corrected chi connectivity index (χ2v) is 7.11. The Morgan fingerprint density at radius 2 is 1.89 bits per heavy atom. The number of halogens is 1. The van der Waals surface area contributed by atoms with E-state index < -0.39 is 0 Å². The number of carbonyl (C=O) groups excluding carboxylic acids is 1. The van der Waals surface area contributed by atoms with E-state index in [1.807, 2.05) is 19.1 Å². The number of nitrogens with one attached hydrogen (secondary N) is 2. The number of rotatable bonds is 6. The van der Waals surface area contributed by atoms with Crippen LogP contribution in [0.1, 0.15) is 55.3 Å². The van der Waals surface area contributed by atoms with Gasteiger partial charge in [-0.1, -0.05) is 32.9 Å². The molecular weight excluding hydrogens is 471 g/mol. The van der Waals surface area contributed by atoms with Crippen LogP contribution in [0.2, 0.25) is 0 Å². The second-order valence-electron chi connectivity index (χ2n) is 7.11. The Labute approximate surface area is 183 Å². The van der Waals surface area contributed by atoms with Gasteiger partial charge < -0.3 is 19.8 Å². The van der Waals surface area contributed by atoms with Crippen molar-refractivity contribution in [1.82, 2.24) is 15.6 Å². The van der Waals surface area contributed by atoms with Crippen LogP contribution in [0.3, 0.4) is 0 Å². The van der Waals surface area contributed by atoms with Crippen LogP contribution < -0.4 is 10.6 Å². The van der Waals surface area contributed by atoms with Gasteiger partial charge in [0, 0.05) is 12.0 Å². The molecule has 2 aromatic rings. The molecule has 0 spiro atoms. The normalized spacial score (nSPS) is 11.5. The fraction of sp³-hybridized carbons (Fsp3) is 0.450. The van der Waals surface area contributed by atoms with E-state index >= 15 is 0 Å². The molecule has 1 aromatic carbocycles. The third-order valence-corrected chi connectivity index (χ3v) is 3.84. The lowest BCUT2D eigenvalue weighted by atomic mass is 9.94. The largest absolute Gasteiger partial charge is 0.465 e. The van der Waals surface area contributed by atoms with Gasteiger partial charge in [0.2, 0.25) is 5.89 Å². The third kappa shape index (κ3) is 7.14. The van der Waals surface area contributed by atoms with Crippen LogP contribution in [0.5, 0.6) is 0 Å². The van der Waals surface area contributed by atoms with Crippen molar-refractivity contribution in [3.8, 4) is 0 Å². The van der Waals surface area contributed by atoms with Gasteiger partial charge in [-0.15, -0.1) is 24.0 Å². The number of esters is 1. The van der Waals surface area contributed by atoms with Crippen LogP contribution in [0.4, 0.5) is 0 Å². The molecule has 1 aromatic heterocycles. The number of guanidine groups is 1. The molecule has 2 N–H and O–H groups in total. The first-order valence-corrected chi connectivity index (χ1v) is 8.98. The molecule has 0 aliphatic rings. The summed E-state index contributed by atoms with van der Waals surface area (Å²) in [5.41, 5.74) is 1.44. The molecule has 0 fully saturated rings. The summed E-state index contributed by atoms with van der Waals surface area (Å²) < 4.78 is 10.5. The molecule has 154 valence electrons. The van der Waals surface area contributed by atoms with E-state index in [2.05, 4.69) is 41.4 Å². The zero-order chi connectivity index (χ0) is 19.9. The molecule has 0 bridgehead atoms. The number of methoxy groups -OCH3 is 1. The summed E-state index contributed by atoms with van der Waals surface area (Å²) in [6.45, 7) is 9.93. The zero-order valence-corrected chi connectivity index (χ0v) is 19.4. The summed E-state index contributed by atoms with van der Waals surface area (Å²) in [5.74, 6) is 1.80. The Balaban J connectivity index is 0.00000392. The van der Waals surface area contributed by atoms with E-state index in [9.17, 15) is 4.79 Å². The maximum Gasteiger partial charge on any atom is 0.337 e. The minimum Gasteiger partial charge on any atom is -0.465 e. The van der Waals surface area contributed by atoms with E-state index in [0.717, 1.165) is 17.9 Å². The highest BCUT2D eigenvalue weighted by Crippen LogP contribution is 2.22. The SMILES string of the molecule is CCNC(=NCc1ccc(C(=O)OC)cc1)NCc1ncc(C(C)(C)C)o1.I. The molecule has 0 aliphatic heterocycles. The van der Waals surface area contributed by atoms with Gasteiger partial charge in [0.15, 0.2) is 5.96 Å². The standard InChI is InChI=1S/C20H28N4O3.HI/c1-6-21-19(24-13-17-22-12-16(27-17)20(2,3)4)23-11-14-7-9-15(10-8-14)18(25)26-5;/h7-10,12H,6,11,13H2,1-5H3,(H2,21,23,24);1H. The fourth-order valence-electron chi connectivity index (χ4n) is 2.27. The van der Waals surface area contributed by atoms with Crippen molar-refractivity contribution < 1.29 is 13.9 Å². The molecule has 1 heterocycles. The predicted molar refractivity (Wildman–Crippen MR) is 120 cm³/mol. The van der Waals surface area contributed by atoms with E-state index in [4.69, 9.17) is 9.15 Å². The Morgan fingerprint density at radius 3 is 2.43 bits per heavy atom. The Morgan fingerprint density at radius 1 is 1.21 bits per heavy atom. The van der Waals surface area contributed by atoms with Crippen molar-refractivity contribution in [3.05, 3.63) is 53.2 Å². The van der Waals surface area contributed by atoms with Crippen molar-refractivity contribution in [2.45, 2.75) is 46.2 Å². The van der Waals surface area contributed by atoms with Crippen molar-refractivity contribution in [2.75, 3.05) is 13.7 Å². The molecule has 0 radical (unpaired) electrons. The molecule has 0 saturated heterocycles. The molecule has 0 saturated carbocycles. The first-order chi connectivity index (χ1) is 12.8. The third-order valence-electron chi connectivity index (χ3n) is 3.84. The number of carbonyl (C=O) groups is 1. The number of benzene rings is 1. The number of aliphatic imine (C=N–C) groups is 1. The number of aromatic nitrogens is 1. The minimum atomic E-state index is -0.347. The van der Waals surface area contributed by atoms with Crippen molar-refractivity contribution in [3.63, 3.8) is 0 Å². The van der Waals surface area contributed by atoms with Gasteiger partial charge in [-0.25, -0.2) is 14.8 Å². The average molecular weight is 500 g/mol. The number of hydrogen-bond acceptors (Lipinski definition) is 5. The average Bonchev–Trinajstić information content (AvgIpc) is 3.13. The van der Waals surface area contributed by atoms with Crippen LogP contribution >= 0.6 is 24.0 Å². The van der Waals surface area contributed by atoms with Crippen LogP contribution in [-0.4, -0.2) is 30.6 Å². The number of ether oxygens (including phenoxy) is 1. The summed E-state index contributed by atoms with van der Waals surface area (Å²) in [7, 11) is 1.37. The van der Waals surface area contributed by atoms with E-state index in [1.165, 1.54) is 7.11 Å². The van der Waals surface area contributed by atoms with Gasteiger partial charge in [0.05, 0.1) is 32.0 Å². The van der Waals surface area contributed by atoms with Gasteiger partial charge in [0.25, 0.3) is 0 Å². The summed E-state index contributed by atoms with van der Waals surface area (Å²) in [4.78, 5) is 20.3. The monoisotopic (exact) mass is 500 g/mol.